The van der Waals surface area contributed by atoms with Gasteiger partial charge in [-0.25, -0.2) is 22.6 Å². The first-order valence-electron chi connectivity index (χ1n) is 12.9. The summed E-state index contributed by atoms with van der Waals surface area (Å²) in [4.78, 5) is 31.6. The van der Waals surface area contributed by atoms with E-state index in [-0.39, 0.29) is 47.6 Å². The number of amides is 3. The Morgan fingerprint density at radius 3 is 2.51 bits per heavy atom. The number of carbonyl (C=O) groups excluding carboxylic acids is 2. The summed E-state index contributed by atoms with van der Waals surface area (Å²) in [5.41, 5.74) is 0.799. The highest BCUT2D eigenvalue weighted by atomic mass is 32.2. The fourth-order valence-corrected chi connectivity index (χ4v) is 5.52. The lowest BCUT2D eigenvalue weighted by molar-refractivity contribution is 0.0387. The van der Waals surface area contributed by atoms with Crippen LogP contribution in [-0.2, 0) is 17.1 Å². The van der Waals surface area contributed by atoms with E-state index in [1.807, 2.05) is 6.92 Å². The van der Waals surface area contributed by atoms with Crippen LogP contribution in [0.1, 0.15) is 24.2 Å². The number of aryl methyl sites for hydroxylation is 1. The number of aliphatic hydroxyl groups is 1. The maximum absolute atomic E-state index is 13.6. The Hall–Kier alpha value is -4.01. The number of aromatic nitrogens is 2. The predicted molar refractivity (Wildman–Crippen MR) is 150 cm³/mol. The van der Waals surface area contributed by atoms with Gasteiger partial charge < -0.3 is 29.9 Å². The summed E-state index contributed by atoms with van der Waals surface area (Å²) in [6.07, 6.45) is 2.14. The van der Waals surface area contributed by atoms with Crippen LogP contribution in [0.4, 0.5) is 20.6 Å². The molecule has 0 bridgehead atoms. The SMILES string of the molecule is C[C@H]1CN([C@@H](C)CO)C(=O)c2cc(NC(=O)Nc3ccc(F)cc3)ccc2O[C@@H]1CN(C)S(=O)(=O)c1cn(C)cn1. The largest absolute Gasteiger partial charge is 0.488 e. The van der Waals surface area contributed by atoms with Gasteiger partial charge in [0.1, 0.15) is 17.7 Å². The Balaban J connectivity index is 1.61. The van der Waals surface area contributed by atoms with Crippen LogP contribution in [0.25, 0.3) is 0 Å². The van der Waals surface area contributed by atoms with Crippen LogP contribution in [0.3, 0.4) is 0 Å². The number of likely N-dealkylation sites (N-methyl/N-ethyl adjacent to an activating group) is 1. The molecule has 1 aromatic heterocycles. The second-order valence-electron chi connectivity index (χ2n) is 10.1. The average Bonchev–Trinajstić information content (AvgIpc) is 3.38. The van der Waals surface area contributed by atoms with Crippen molar-refractivity contribution in [1.29, 1.82) is 0 Å². The van der Waals surface area contributed by atoms with Crippen LogP contribution in [-0.4, -0.2) is 83.1 Å². The molecule has 2 aromatic carbocycles. The second kappa shape index (κ2) is 12.2. The number of anilines is 2. The van der Waals surface area contributed by atoms with Gasteiger partial charge in [-0.1, -0.05) is 6.92 Å². The van der Waals surface area contributed by atoms with Gasteiger partial charge in [-0.2, -0.15) is 4.31 Å². The third kappa shape index (κ3) is 6.84. The highest BCUT2D eigenvalue weighted by molar-refractivity contribution is 7.89. The molecule has 0 radical (unpaired) electrons. The summed E-state index contributed by atoms with van der Waals surface area (Å²) >= 11 is 0. The number of ether oxygens (including phenoxy) is 1. The lowest BCUT2D eigenvalue weighted by Crippen LogP contribution is -2.50. The Kier molecular flexibility index (Phi) is 8.95. The number of carbonyl (C=O) groups is 2. The molecule has 220 valence electrons. The number of halogens is 1. The molecule has 41 heavy (non-hydrogen) atoms. The van der Waals surface area contributed by atoms with E-state index in [0.29, 0.717) is 5.69 Å². The van der Waals surface area contributed by atoms with Gasteiger partial charge in [0.2, 0.25) is 0 Å². The number of hydrogen-bond acceptors (Lipinski definition) is 7. The minimum Gasteiger partial charge on any atom is -0.488 e. The molecule has 2 heterocycles. The molecular weight excluding hydrogens is 555 g/mol. The van der Waals surface area contributed by atoms with E-state index in [1.54, 1.807) is 20.0 Å². The summed E-state index contributed by atoms with van der Waals surface area (Å²) in [5, 5.41) is 15.0. The van der Waals surface area contributed by atoms with Crippen LogP contribution in [0.2, 0.25) is 0 Å². The summed E-state index contributed by atoms with van der Waals surface area (Å²) in [5.74, 6) is -0.966. The van der Waals surface area contributed by atoms with E-state index in [4.69, 9.17) is 4.74 Å². The summed E-state index contributed by atoms with van der Waals surface area (Å²) in [6.45, 7) is 3.42. The van der Waals surface area contributed by atoms with Crippen molar-refractivity contribution in [3.05, 3.63) is 66.4 Å². The number of hydrogen-bond donors (Lipinski definition) is 3. The summed E-state index contributed by atoms with van der Waals surface area (Å²) in [7, 11) is -0.798. The Labute approximate surface area is 237 Å². The zero-order chi connectivity index (χ0) is 29.9. The Morgan fingerprint density at radius 1 is 1.22 bits per heavy atom. The van der Waals surface area contributed by atoms with Crippen molar-refractivity contribution in [2.75, 3.05) is 37.4 Å². The minimum atomic E-state index is -3.91. The minimum absolute atomic E-state index is 0.0326. The van der Waals surface area contributed by atoms with Crippen molar-refractivity contribution in [2.45, 2.75) is 31.0 Å². The monoisotopic (exact) mass is 588 g/mol. The van der Waals surface area contributed by atoms with Crippen molar-refractivity contribution >= 4 is 33.3 Å². The standard InChI is InChI=1S/C27H33FN6O6S/c1-17-12-34(18(2)15-35)26(36)22-11-21(31-27(37)30-20-7-5-19(28)6-8-20)9-10-23(22)40-24(17)13-33(4)41(38,39)25-14-32(3)16-29-25/h5-11,14,16-18,24,35H,12-13,15H2,1-4H3,(H2,30,31,37)/t17-,18-,24+/m0/s1. The lowest BCUT2D eigenvalue weighted by atomic mass is 9.99. The van der Waals surface area contributed by atoms with Crippen molar-refractivity contribution in [3.8, 4) is 5.75 Å². The molecule has 12 nitrogen and oxygen atoms in total. The summed E-state index contributed by atoms with van der Waals surface area (Å²) < 4.78 is 48.4. The average molecular weight is 589 g/mol. The van der Waals surface area contributed by atoms with E-state index in [9.17, 15) is 27.5 Å². The van der Waals surface area contributed by atoms with Gasteiger partial charge >= 0.3 is 6.03 Å². The normalized spacial score (nSPS) is 18.2. The van der Waals surface area contributed by atoms with Crippen LogP contribution < -0.4 is 15.4 Å². The molecule has 0 aliphatic carbocycles. The number of rotatable bonds is 8. The van der Waals surface area contributed by atoms with E-state index < -0.39 is 39.9 Å². The van der Waals surface area contributed by atoms with Gasteiger partial charge in [-0.05, 0) is 49.4 Å². The van der Waals surface area contributed by atoms with Gasteiger partial charge in [0, 0.05) is 44.1 Å². The molecule has 3 atom stereocenters. The third-order valence-corrected chi connectivity index (χ3v) is 8.53. The molecule has 1 aliphatic rings. The molecule has 3 aromatic rings. The fraction of sp³-hybridized carbons (Fsp3) is 0.370. The highest BCUT2D eigenvalue weighted by Gasteiger charge is 2.35. The van der Waals surface area contributed by atoms with Crippen molar-refractivity contribution in [2.24, 2.45) is 13.0 Å². The number of nitrogens with zero attached hydrogens (tertiary/aromatic N) is 4. The number of sulfonamides is 1. The molecule has 0 saturated heterocycles. The molecule has 0 unspecified atom stereocenters. The van der Waals surface area contributed by atoms with E-state index in [0.717, 1.165) is 4.31 Å². The molecule has 3 N–H and O–H groups in total. The first-order valence-corrected chi connectivity index (χ1v) is 14.3. The van der Waals surface area contributed by atoms with Crippen LogP contribution >= 0.6 is 0 Å². The van der Waals surface area contributed by atoms with Crippen LogP contribution in [0.5, 0.6) is 5.75 Å². The maximum atomic E-state index is 13.6. The number of urea groups is 1. The third-order valence-electron chi connectivity index (χ3n) is 6.82. The molecule has 14 heteroatoms. The van der Waals surface area contributed by atoms with Gasteiger partial charge in [0.15, 0.2) is 5.03 Å². The van der Waals surface area contributed by atoms with Gasteiger partial charge in [0.05, 0.1) is 31.1 Å². The number of fused-ring (bicyclic) bond motifs is 1. The van der Waals surface area contributed by atoms with Gasteiger partial charge in [-0.15, -0.1) is 0 Å². The highest BCUT2D eigenvalue weighted by Crippen LogP contribution is 2.31. The van der Waals surface area contributed by atoms with E-state index in [1.165, 1.54) is 65.4 Å². The molecule has 1 aliphatic heterocycles. The first kappa shape index (κ1) is 30.0. The summed E-state index contributed by atoms with van der Waals surface area (Å²) in [6, 6.07) is 8.64. The number of nitrogens with one attached hydrogen (secondary N) is 2. The molecule has 0 saturated carbocycles. The van der Waals surface area contributed by atoms with Crippen LogP contribution in [0, 0.1) is 11.7 Å². The first-order chi connectivity index (χ1) is 19.4. The van der Waals surface area contributed by atoms with Crippen molar-refractivity contribution in [1.82, 2.24) is 18.8 Å². The molecular formula is C27H33FN6O6S. The Morgan fingerprint density at radius 2 is 1.88 bits per heavy atom. The smallest absolute Gasteiger partial charge is 0.323 e. The second-order valence-corrected chi connectivity index (χ2v) is 12.1. The van der Waals surface area contributed by atoms with Crippen LogP contribution in [0.15, 0.2) is 60.0 Å². The van der Waals surface area contributed by atoms with E-state index >= 15 is 0 Å². The zero-order valence-corrected chi connectivity index (χ0v) is 23.9. The van der Waals surface area contributed by atoms with Crippen molar-refractivity contribution < 1.29 is 32.2 Å². The fourth-order valence-electron chi connectivity index (χ4n) is 4.38. The quantitative estimate of drug-likeness (QED) is 0.367. The molecule has 0 fully saturated rings. The Bertz CT molecular complexity index is 1510. The molecule has 0 spiro atoms. The zero-order valence-electron chi connectivity index (χ0n) is 23.1. The van der Waals surface area contributed by atoms with Crippen molar-refractivity contribution in [3.63, 3.8) is 0 Å². The predicted octanol–water partition coefficient (Wildman–Crippen LogP) is 2.74. The molecule has 3 amide bonds. The topological polar surface area (TPSA) is 146 Å². The number of aliphatic hydroxyl groups excluding tert-OH is 1. The number of imidazole rings is 1. The maximum Gasteiger partial charge on any atom is 0.323 e. The van der Waals surface area contributed by atoms with Gasteiger partial charge in [0.25, 0.3) is 15.9 Å². The van der Waals surface area contributed by atoms with Gasteiger partial charge in [-0.3, -0.25) is 4.79 Å². The number of benzene rings is 2. The lowest BCUT2D eigenvalue weighted by Gasteiger charge is -2.38. The molecule has 4 rings (SSSR count). The van der Waals surface area contributed by atoms with E-state index in [2.05, 4.69) is 15.6 Å².